The molecule has 6 heteroatoms. The average Bonchev–Trinajstić information content (AvgIpc) is 3.10. The van der Waals surface area contributed by atoms with Crippen molar-refractivity contribution in [2.75, 3.05) is 39.5 Å². The molecule has 0 aliphatic rings. The van der Waals surface area contributed by atoms with Crippen LogP contribution in [0.25, 0.3) is 0 Å². The zero-order valence-electron chi connectivity index (χ0n) is 34.4. The van der Waals surface area contributed by atoms with E-state index in [0.29, 0.717) is 19.6 Å². The maximum atomic E-state index is 12.9. The van der Waals surface area contributed by atoms with E-state index >= 15 is 0 Å². The summed E-state index contributed by atoms with van der Waals surface area (Å²) < 4.78 is 11.2. The minimum atomic E-state index is -0.414. The van der Waals surface area contributed by atoms with E-state index in [1.54, 1.807) is 0 Å². The summed E-state index contributed by atoms with van der Waals surface area (Å²) in [6, 6.07) is 0. The van der Waals surface area contributed by atoms with Crippen molar-refractivity contribution in [3.8, 4) is 0 Å². The summed E-state index contributed by atoms with van der Waals surface area (Å²) in [6.07, 6.45) is 33.7. The third kappa shape index (κ3) is 31.6. The van der Waals surface area contributed by atoms with Crippen molar-refractivity contribution in [3.63, 3.8) is 0 Å². The van der Waals surface area contributed by atoms with E-state index in [1.165, 1.54) is 116 Å². The van der Waals surface area contributed by atoms with Crippen LogP contribution in [-0.2, 0) is 19.1 Å². The number of ether oxygens (including phenoxy) is 2. The number of nitrogens with zero attached hydrogens (tertiary/aromatic N) is 1. The van der Waals surface area contributed by atoms with Crippen LogP contribution in [0.15, 0.2) is 0 Å². The van der Waals surface area contributed by atoms with Crippen LogP contribution in [0.3, 0.4) is 0 Å². The average molecular weight is 710 g/mol. The molecule has 0 aromatic carbocycles. The van der Waals surface area contributed by atoms with Crippen LogP contribution < -0.4 is 0 Å². The zero-order chi connectivity index (χ0) is 37.0. The van der Waals surface area contributed by atoms with E-state index in [2.05, 4.69) is 25.7 Å². The second-order valence-corrected chi connectivity index (χ2v) is 16.0. The van der Waals surface area contributed by atoms with Crippen LogP contribution in [0.1, 0.15) is 221 Å². The monoisotopic (exact) mass is 710 g/mol. The number of rotatable bonds is 39. The molecule has 0 spiro atoms. The van der Waals surface area contributed by atoms with Crippen LogP contribution in [0.4, 0.5) is 0 Å². The molecule has 1 N–H and O–H groups in total. The topological polar surface area (TPSA) is 76.1 Å². The molecule has 0 unspecified atom stereocenters. The number of hydrogen-bond acceptors (Lipinski definition) is 6. The molecule has 0 atom stereocenters. The number of aliphatic hydroxyl groups excluding tert-OH is 1. The highest BCUT2D eigenvalue weighted by Gasteiger charge is 2.28. The SMILES string of the molecule is CCCCCCCCCOC(=O)CCCCCCCN(CCCO)CCCCCCC(C)(C)C(=O)OCCCC(CCCCC)CCCCC. The Morgan fingerprint density at radius 3 is 1.60 bits per heavy atom. The number of carbonyl (C=O) groups is 2. The Kier molecular flexibility index (Phi) is 35.4. The number of esters is 2. The Bertz CT molecular complexity index is 732. The van der Waals surface area contributed by atoms with Gasteiger partial charge in [0.1, 0.15) is 0 Å². The van der Waals surface area contributed by atoms with Gasteiger partial charge in [0.2, 0.25) is 0 Å². The van der Waals surface area contributed by atoms with Crippen molar-refractivity contribution >= 4 is 11.9 Å². The van der Waals surface area contributed by atoms with Crippen molar-refractivity contribution < 1.29 is 24.2 Å². The van der Waals surface area contributed by atoms with Crippen LogP contribution in [0, 0.1) is 11.3 Å². The molecule has 0 saturated heterocycles. The fourth-order valence-electron chi connectivity index (χ4n) is 6.97. The Morgan fingerprint density at radius 1 is 0.540 bits per heavy atom. The smallest absolute Gasteiger partial charge is 0.311 e. The lowest BCUT2D eigenvalue weighted by atomic mass is 9.87. The zero-order valence-corrected chi connectivity index (χ0v) is 34.4. The third-order valence-corrected chi connectivity index (χ3v) is 10.5. The number of aliphatic hydroxyl groups is 1. The van der Waals surface area contributed by atoms with Gasteiger partial charge in [0.25, 0.3) is 0 Å². The lowest BCUT2D eigenvalue weighted by Gasteiger charge is -2.24. The number of unbranched alkanes of at least 4 members (excludes halogenated alkanes) is 17. The minimum Gasteiger partial charge on any atom is -0.466 e. The highest BCUT2D eigenvalue weighted by Crippen LogP contribution is 2.27. The fraction of sp³-hybridized carbons (Fsp3) is 0.955. The third-order valence-electron chi connectivity index (χ3n) is 10.5. The molecule has 0 aromatic heterocycles. The van der Waals surface area contributed by atoms with Gasteiger partial charge in [-0.25, -0.2) is 0 Å². The summed E-state index contributed by atoms with van der Waals surface area (Å²) in [7, 11) is 0. The molecule has 0 aliphatic heterocycles. The van der Waals surface area contributed by atoms with Crippen molar-refractivity contribution in [3.05, 3.63) is 0 Å². The van der Waals surface area contributed by atoms with Crippen molar-refractivity contribution in [2.45, 2.75) is 221 Å². The van der Waals surface area contributed by atoms with Gasteiger partial charge in [-0.2, -0.15) is 0 Å². The van der Waals surface area contributed by atoms with Gasteiger partial charge < -0.3 is 19.5 Å². The molecule has 0 aliphatic carbocycles. The van der Waals surface area contributed by atoms with Gasteiger partial charge in [-0.15, -0.1) is 0 Å². The highest BCUT2D eigenvalue weighted by molar-refractivity contribution is 5.75. The van der Waals surface area contributed by atoms with Crippen LogP contribution in [0.2, 0.25) is 0 Å². The first-order valence-corrected chi connectivity index (χ1v) is 22.0. The molecule has 0 rings (SSSR count). The molecule has 0 aromatic rings. The fourth-order valence-corrected chi connectivity index (χ4v) is 6.97. The number of hydrogen-bond donors (Lipinski definition) is 1. The normalized spacial score (nSPS) is 11.9. The second kappa shape index (κ2) is 36.2. The molecular weight excluding hydrogens is 622 g/mol. The summed E-state index contributed by atoms with van der Waals surface area (Å²) in [4.78, 5) is 27.4. The first-order valence-electron chi connectivity index (χ1n) is 22.0. The summed E-state index contributed by atoms with van der Waals surface area (Å²) in [6.45, 7) is 15.4. The maximum Gasteiger partial charge on any atom is 0.311 e. The second-order valence-electron chi connectivity index (χ2n) is 16.0. The maximum absolute atomic E-state index is 12.9. The van der Waals surface area contributed by atoms with Gasteiger partial charge in [0, 0.05) is 19.6 Å². The van der Waals surface area contributed by atoms with Gasteiger partial charge in [-0.05, 0) is 84.2 Å². The Hall–Kier alpha value is -1.14. The predicted octanol–water partition coefficient (Wildman–Crippen LogP) is 12.4. The van der Waals surface area contributed by atoms with E-state index in [4.69, 9.17) is 9.47 Å². The van der Waals surface area contributed by atoms with E-state index in [1.807, 2.05) is 13.8 Å². The molecule has 0 radical (unpaired) electrons. The molecule has 6 nitrogen and oxygen atoms in total. The Morgan fingerprint density at radius 2 is 1.00 bits per heavy atom. The highest BCUT2D eigenvalue weighted by atomic mass is 16.5. The molecule has 0 amide bonds. The van der Waals surface area contributed by atoms with E-state index in [-0.39, 0.29) is 18.5 Å². The molecule has 0 saturated carbocycles. The summed E-state index contributed by atoms with van der Waals surface area (Å²) in [5.74, 6) is 0.733. The predicted molar refractivity (Wildman–Crippen MR) is 214 cm³/mol. The molecule has 298 valence electrons. The quantitative estimate of drug-likeness (QED) is 0.0506. The van der Waals surface area contributed by atoms with Crippen LogP contribution in [-0.4, -0.2) is 61.4 Å². The molecule has 0 fully saturated rings. The van der Waals surface area contributed by atoms with Crippen molar-refractivity contribution in [1.82, 2.24) is 4.90 Å². The molecule has 0 heterocycles. The lowest BCUT2D eigenvalue weighted by Crippen LogP contribution is -2.28. The van der Waals surface area contributed by atoms with Crippen molar-refractivity contribution in [2.24, 2.45) is 11.3 Å². The Labute approximate surface area is 312 Å². The van der Waals surface area contributed by atoms with Gasteiger partial charge in [0.05, 0.1) is 18.6 Å². The molecular formula is C44H87NO5. The summed E-state index contributed by atoms with van der Waals surface area (Å²) in [5.41, 5.74) is -0.414. The van der Waals surface area contributed by atoms with E-state index in [9.17, 15) is 14.7 Å². The Balaban J connectivity index is 4.03. The standard InChI is InChI=1S/C44H87NO5/c1-6-9-12-13-14-20-27-39-49-42(47)33-23-16-15-18-25-35-45(37-29-38-46)36-26-19-17-24-34-44(4,5)43(48)50-40-28-32-41(30-21-10-7-2)31-22-11-8-3/h41,46H,6-40H2,1-5H3. The van der Waals surface area contributed by atoms with Gasteiger partial charge in [-0.3, -0.25) is 9.59 Å². The van der Waals surface area contributed by atoms with Crippen LogP contribution >= 0.6 is 0 Å². The minimum absolute atomic E-state index is 0.0278. The summed E-state index contributed by atoms with van der Waals surface area (Å²) in [5, 5.41) is 9.38. The summed E-state index contributed by atoms with van der Waals surface area (Å²) >= 11 is 0. The van der Waals surface area contributed by atoms with Gasteiger partial charge in [0.15, 0.2) is 0 Å². The lowest BCUT2D eigenvalue weighted by molar-refractivity contribution is -0.154. The van der Waals surface area contributed by atoms with Crippen LogP contribution in [0.5, 0.6) is 0 Å². The van der Waals surface area contributed by atoms with Gasteiger partial charge in [-0.1, -0.05) is 149 Å². The first-order chi connectivity index (χ1) is 24.3. The van der Waals surface area contributed by atoms with E-state index in [0.717, 1.165) is 89.8 Å². The first kappa shape index (κ1) is 48.9. The van der Waals surface area contributed by atoms with E-state index < -0.39 is 5.41 Å². The van der Waals surface area contributed by atoms with Crippen molar-refractivity contribution in [1.29, 1.82) is 0 Å². The molecule has 50 heavy (non-hydrogen) atoms. The largest absolute Gasteiger partial charge is 0.466 e. The molecule has 0 bridgehead atoms. The van der Waals surface area contributed by atoms with Gasteiger partial charge >= 0.3 is 11.9 Å². The number of carbonyl (C=O) groups excluding carboxylic acids is 2.